The number of hydrogen-bond donors (Lipinski definition) is 1. The third-order valence-corrected chi connectivity index (χ3v) is 6.19. The summed E-state index contributed by atoms with van der Waals surface area (Å²) >= 11 is 0. The van der Waals surface area contributed by atoms with E-state index in [4.69, 9.17) is 4.74 Å². The first kappa shape index (κ1) is 26.9. The maximum Gasteiger partial charge on any atom is 0.410 e. The van der Waals surface area contributed by atoms with E-state index in [2.05, 4.69) is 5.73 Å². The minimum Gasteiger partial charge on any atom is -0.444 e. The van der Waals surface area contributed by atoms with Gasteiger partial charge in [0.05, 0.1) is 0 Å². The molecule has 0 bridgehead atoms. The Morgan fingerprint density at radius 3 is 2.06 bits per heavy atom. The maximum absolute atomic E-state index is 13.9. The lowest BCUT2D eigenvalue weighted by molar-refractivity contribution is -0.311. The number of benzene rings is 3. The first-order valence-corrected chi connectivity index (χ1v) is 12.1. The van der Waals surface area contributed by atoms with E-state index in [9.17, 15) is 14.4 Å². The molecule has 7 heteroatoms. The van der Waals surface area contributed by atoms with Gasteiger partial charge in [0.15, 0.2) is 6.04 Å². The Hall–Kier alpha value is -3.71. The number of fused-ring (bicyclic) bond motifs is 1. The molecule has 0 fully saturated rings. The molecule has 0 spiro atoms. The van der Waals surface area contributed by atoms with Gasteiger partial charge in [-0.15, -0.1) is 0 Å². The normalized spacial score (nSPS) is 13.1. The zero-order valence-electron chi connectivity index (χ0n) is 21.7. The number of quaternary nitrogens is 1. The first-order valence-electron chi connectivity index (χ1n) is 12.1. The van der Waals surface area contributed by atoms with Gasteiger partial charge in [-0.05, 0) is 42.7 Å². The van der Waals surface area contributed by atoms with Gasteiger partial charge in [-0.3, -0.25) is 15.4 Å². The van der Waals surface area contributed by atoms with Crippen molar-refractivity contribution in [2.24, 2.45) is 0 Å². The van der Waals surface area contributed by atoms with E-state index in [0.717, 1.165) is 21.9 Å². The highest BCUT2D eigenvalue weighted by Crippen LogP contribution is 2.23. The van der Waals surface area contributed by atoms with Crippen LogP contribution in [0.2, 0.25) is 0 Å². The zero-order valence-corrected chi connectivity index (χ0v) is 21.7. The van der Waals surface area contributed by atoms with E-state index < -0.39 is 23.8 Å². The highest BCUT2D eigenvalue weighted by molar-refractivity contribution is 5.91. The number of rotatable bonds is 8. The number of hydrogen-bond acceptors (Lipinski definition) is 4. The van der Waals surface area contributed by atoms with Crippen molar-refractivity contribution in [1.82, 2.24) is 9.80 Å². The van der Waals surface area contributed by atoms with Crippen molar-refractivity contribution in [2.75, 3.05) is 14.1 Å². The molecule has 7 nitrogen and oxygen atoms in total. The molecule has 0 aliphatic rings. The molecule has 0 aliphatic carbocycles. The second kappa shape index (κ2) is 11.4. The molecule has 190 valence electrons. The quantitative estimate of drug-likeness (QED) is 0.523. The Balaban J connectivity index is 1.96. The Labute approximate surface area is 212 Å². The van der Waals surface area contributed by atoms with Gasteiger partial charge in [0.2, 0.25) is 5.91 Å². The lowest BCUT2D eigenvalue weighted by Gasteiger charge is -2.34. The minimum atomic E-state index is -0.881. The minimum absolute atomic E-state index is 0.268. The molecule has 3 amide bonds. The highest BCUT2D eigenvalue weighted by atomic mass is 16.6. The molecule has 3 aromatic rings. The van der Waals surface area contributed by atoms with E-state index in [-0.39, 0.29) is 18.2 Å². The van der Waals surface area contributed by atoms with E-state index in [1.165, 1.54) is 9.80 Å². The predicted molar refractivity (Wildman–Crippen MR) is 140 cm³/mol. The summed E-state index contributed by atoms with van der Waals surface area (Å²) in [4.78, 5) is 42.2. The van der Waals surface area contributed by atoms with Crippen molar-refractivity contribution in [3.63, 3.8) is 0 Å². The van der Waals surface area contributed by atoms with Gasteiger partial charge in [0.1, 0.15) is 11.6 Å². The van der Waals surface area contributed by atoms with E-state index in [1.54, 1.807) is 34.9 Å². The lowest BCUT2D eigenvalue weighted by Crippen LogP contribution is -2.68. The molecule has 3 rings (SSSR count). The average Bonchev–Trinajstić information content (AvgIpc) is 2.84. The van der Waals surface area contributed by atoms with Crippen LogP contribution in [-0.2, 0) is 27.2 Å². The number of nitrogens with zero attached hydrogens (tertiary/aromatic N) is 2. The van der Waals surface area contributed by atoms with Crippen LogP contribution in [0.5, 0.6) is 0 Å². The van der Waals surface area contributed by atoms with Gasteiger partial charge in [-0.25, -0.2) is 9.59 Å². The standard InChI is InChI=1S/C29H35N3O4/c1-29(2,3)36-28(35)32(5)25(19-22-16-11-15-21-14-9-10-17-23(21)22)27(34)31(4)24(26(30)33)18-20-12-7-6-8-13-20/h6-17,24-25H,18-19H2,1-5H3,(H2,30,33)/p+1/t24-,25-/m1/s1. The molecule has 0 heterocycles. The van der Waals surface area contributed by atoms with Gasteiger partial charge in [0.25, 0.3) is 0 Å². The van der Waals surface area contributed by atoms with Gasteiger partial charge < -0.3 is 9.64 Å². The molecule has 0 radical (unpaired) electrons. The fourth-order valence-electron chi connectivity index (χ4n) is 4.22. The van der Waals surface area contributed by atoms with Crippen LogP contribution in [0.25, 0.3) is 10.8 Å². The molecule has 0 aliphatic heterocycles. The van der Waals surface area contributed by atoms with Crippen molar-refractivity contribution in [2.45, 2.75) is 51.3 Å². The van der Waals surface area contributed by atoms with E-state index in [0.29, 0.717) is 6.42 Å². The van der Waals surface area contributed by atoms with Gasteiger partial charge in [0, 0.05) is 26.9 Å². The average molecular weight is 491 g/mol. The summed E-state index contributed by atoms with van der Waals surface area (Å²) in [7, 11) is 3.16. The molecule has 0 aromatic heterocycles. The van der Waals surface area contributed by atoms with Crippen molar-refractivity contribution in [1.29, 1.82) is 0 Å². The van der Waals surface area contributed by atoms with Crippen LogP contribution in [0, 0.1) is 0 Å². The maximum atomic E-state index is 13.9. The number of amides is 3. The third kappa shape index (κ3) is 6.70. The summed E-state index contributed by atoms with van der Waals surface area (Å²) in [6.45, 7) is 5.34. The van der Waals surface area contributed by atoms with Crippen LogP contribution in [0.4, 0.5) is 4.79 Å². The smallest absolute Gasteiger partial charge is 0.410 e. The number of ether oxygens (including phenoxy) is 1. The Morgan fingerprint density at radius 2 is 1.42 bits per heavy atom. The van der Waals surface area contributed by atoms with Crippen molar-refractivity contribution in [3.8, 4) is 0 Å². The summed E-state index contributed by atoms with van der Waals surface area (Å²) in [5.41, 5.74) is 4.74. The second-order valence-electron chi connectivity index (χ2n) is 10.1. The van der Waals surface area contributed by atoms with Crippen LogP contribution >= 0.6 is 0 Å². The van der Waals surface area contributed by atoms with Crippen LogP contribution in [0.15, 0.2) is 72.8 Å². The highest BCUT2D eigenvalue weighted by Gasteiger charge is 2.37. The zero-order chi connectivity index (χ0) is 26.5. The van der Waals surface area contributed by atoms with Crippen LogP contribution in [-0.4, -0.2) is 59.5 Å². The number of likely N-dealkylation sites (N-methyl/N-ethyl adjacent to an activating group) is 2. The second-order valence-corrected chi connectivity index (χ2v) is 10.1. The van der Waals surface area contributed by atoms with Crippen LogP contribution in [0.1, 0.15) is 31.9 Å². The summed E-state index contributed by atoms with van der Waals surface area (Å²) in [5.74, 6) is -0.715. The number of carbonyl (C=O) groups is 3. The SMILES string of the molecule is CN(C(=O)OC(C)(C)C)[C@H](Cc1cccc2ccccc12)C(=O)N(C)[C@H](Cc1ccccc1)C([NH3+])=O. The topological polar surface area (TPSA) is 94.6 Å². The molecule has 0 saturated heterocycles. The number of carbonyl (C=O) groups excluding carboxylic acids is 3. The third-order valence-electron chi connectivity index (χ3n) is 6.19. The molecule has 2 atom stereocenters. The summed E-state index contributed by atoms with van der Waals surface area (Å²) in [5, 5.41) is 2.05. The fraction of sp³-hybridized carbons (Fsp3) is 0.345. The van der Waals surface area contributed by atoms with Crippen LogP contribution in [0.3, 0.4) is 0 Å². The van der Waals surface area contributed by atoms with Crippen molar-refractivity contribution in [3.05, 3.63) is 83.9 Å². The molecular weight excluding hydrogens is 454 g/mol. The lowest BCUT2D eigenvalue weighted by atomic mass is 9.96. The molecule has 3 N–H and O–H groups in total. The summed E-state index contributed by atoms with van der Waals surface area (Å²) in [6, 6.07) is 21.7. The Bertz CT molecular complexity index is 1210. The van der Waals surface area contributed by atoms with Gasteiger partial charge >= 0.3 is 12.0 Å². The molecular formula is C29H36N3O4+. The molecule has 36 heavy (non-hydrogen) atoms. The van der Waals surface area contributed by atoms with E-state index >= 15 is 0 Å². The van der Waals surface area contributed by atoms with Gasteiger partial charge in [-0.2, -0.15) is 0 Å². The Kier molecular flexibility index (Phi) is 8.48. The predicted octanol–water partition coefficient (Wildman–Crippen LogP) is 3.46. The monoisotopic (exact) mass is 490 g/mol. The first-order chi connectivity index (χ1) is 17.0. The van der Waals surface area contributed by atoms with Crippen molar-refractivity contribution < 1.29 is 24.9 Å². The Morgan fingerprint density at radius 1 is 0.806 bits per heavy atom. The molecule has 0 saturated carbocycles. The van der Waals surface area contributed by atoms with Crippen LogP contribution < -0.4 is 5.73 Å². The largest absolute Gasteiger partial charge is 0.444 e. The molecule has 0 unspecified atom stereocenters. The molecule has 3 aromatic carbocycles. The summed E-state index contributed by atoms with van der Waals surface area (Å²) in [6.07, 6.45) is 0.00158. The van der Waals surface area contributed by atoms with Gasteiger partial charge in [-0.1, -0.05) is 72.8 Å². The van der Waals surface area contributed by atoms with Crippen molar-refractivity contribution >= 4 is 28.7 Å². The fourth-order valence-corrected chi connectivity index (χ4v) is 4.22. The summed E-state index contributed by atoms with van der Waals surface area (Å²) < 4.78 is 5.58. The van der Waals surface area contributed by atoms with E-state index in [1.807, 2.05) is 72.8 Å².